The summed E-state index contributed by atoms with van der Waals surface area (Å²) in [5.41, 5.74) is -0.124. The van der Waals surface area contributed by atoms with E-state index in [2.05, 4.69) is 4.99 Å². The quantitative estimate of drug-likeness (QED) is 0.513. The smallest absolute Gasteiger partial charge is 0.230 e. The van der Waals surface area contributed by atoms with Crippen molar-refractivity contribution in [2.45, 2.75) is 32.7 Å². The third kappa shape index (κ3) is 1.79. The summed E-state index contributed by atoms with van der Waals surface area (Å²) in [6.07, 6.45) is 2.19. The van der Waals surface area contributed by atoms with Crippen LogP contribution < -0.4 is 0 Å². The van der Waals surface area contributed by atoms with Crippen molar-refractivity contribution >= 4 is 12.2 Å². The number of carbonyl (C=O) groups excluding carboxylic acids is 1. The van der Waals surface area contributed by atoms with Gasteiger partial charge in [0.05, 0.1) is 6.34 Å². The Morgan fingerprint density at radius 1 is 1.55 bits per heavy atom. The second-order valence-electron chi connectivity index (χ2n) is 3.71. The molecule has 0 aromatic heterocycles. The molecule has 0 saturated heterocycles. The topological polar surface area (TPSA) is 32.7 Å². The van der Waals surface area contributed by atoms with Crippen LogP contribution >= 0.6 is 0 Å². The van der Waals surface area contributed by atoms with E-state index in [0.29, 0.717) is 13.0 Å². The minimum absolute atomic E-state index is 0.124. The summed E-state index contributed by atoms with van der Waals surface area (Å²) in [5, 5.41) is 0. The van der Waals surface area contributed by atoms with Crippen LogP contribution in [0.15, 0.2) is 4.99 Å². The number of carbonyl (C=O) groups is 1. The van der Waals surface area contributed by atoms with Gasteiger partial charge in [-0.1, -0.05) is 0 Å². The Kier molecular flexibility index (Phi) is 1.98. The average Bonchev–Trinajstić information content (AvgIpc) is 1.86. The van der Waals surface area contributed by atoms with Crippen LogP contribution in [0, 0.1) is 0 Å². The number of aliphatic imine (C=N–C) groups is 1. The zero-order chi connectivity index (χ0) is 8.48. The van der Waals surface area contributed by atoms with Crippen LogP contribution in [0.3, 0.4) is 0 Å². The van der Waals surface area contributed by atoms with Crippen LogP contribution in [0.25, 0.3) is 0 Å². The molecule has 0 bridgehead atoms. The molecule has 3 nitrogen and oxygen atoms in total. The second-order valence-corrected chi connectivity index (χ2v) is 3.71. The molecule has 0 aromatic carbocycles. The van der Waals surface area contributed by atoms with Gasteiger partial charge in [-0.15, -0.1) is 0 Å². The lowest BCUT2D eigenvalue weighted by Gasteiger charge is -2.33. The molecule has 0 N–H and O–H groups in total. The molecule has 0 saturated carbocycles. The Morgan fingerprint density at radius 2 is 2.18 bits per heavy atom. The minimum atomic E-state index is -0.124. The van der Waals surface area contributed by atoms with Gasteiger partial charge in [-0.25, -0.2) is 0 Å². The van der Waals surface area contributed by atoms with E-state index in [0.717, 1.165) is 0 Å². The van der Waals surface area contributed by atoms with Crippen LogP contribution in [0.5, 0.6) is 0 Å². The lowest BCUT2D eigenvalue weighted by molar-refractivity contribution is -0.130. The fourth-order valence-electron chi connectivity index (χ4n) is 1.03. The van der Waals surface area contributed by atoms with E-state index < -0.39 is 0 Å². The maximum Gasteiger partial charge on any atom is 0.230 e. The van der Waals surface area contributed by atoms with Gasteiger partial charge >= 0.3 is 0 Å². The van der Waals surface area contributed by atoms with Crippen molar-refractivity contribution in [2.75, 3.05) is 6.54 Å². The molecule has 1 aliphatic rings. The molecule has 0 atom stereocenters. The first-order valence-corrected chi connectivity index (χ1v) is 3.84. The second kappa shape index (κ2) is 2.64. The molecule has 0 radical (unpaired) electrons. The van der Waals surface area contributed by atoms with Crippen molar-refractivity contribution in [3.63, 3.8) is 0 Å². The molecule has 1 amide bonds. The van der Waals surface area contributed by atoms with E-state index in [4.69, 9.17) is 0 Å². The zero-order valence-corrected chi connectivity index (χ0v) is 7.29. The van der Waals surface area contributed by atoms with Gasteiger partial charge in [0.15, 0.2) is 0 Å². The number of rotatable bonds is 0. The molecule has 1 aliphatic heterocycles. The van der Waals surface area contributed by atoms with E-state index in [-0.39, 0.29) is 11.4 Å². The summed E-state index contributed by atoms with van der Waals surface area (Å²) < 4.78 is 0. The normalized spacial score (nSPS) is 19.2. The van der Waals surface area contributed by atoms with Gasteiger partial charge in [0.1, 0.15) is 0 Å². The molecule has 0 fully saturated rings. The summed E-state index contributed by atoms with van der Waals surface area (Å²) in [6.45, 7) is 6.65. The molecule has 0 aromatic rings. The first-order chi connectivity index (χ1) is 5.02. The Bertz CT molecular complexity index is 191. The monoisotopic (exact) mass is 154 g/mol. The van der Waals surface area contributed by atoms with Crippen molar-refractivity contribution < 1.29 is 4.79 Å². The van der Waals surface area contributed by atoms with Gasteiger partial charge in [-0.3, -0.25) is 14.7 Å². The van der Waals surface area contributed by atoms with Crippen molar-refractivity contribution in [1.82, 2.24) is 4.90 Å². The fraction of sp³-hybridized carbons (Fsp3) is 0.750. The highest BCUT2D eigenvalue weighted by molar-refractivity contribution is 5.90. The number of amides is 1. The lowest BCUT2D eigenvalue weighted by atomic mass is 10.1. The van der Waals surface area contributed by atoms with Crippen molar-refractivity contribution in [2.24, 2.45) is 4.99 Å². The van der Waals surface area contributed by atoms with Crippen LogP contribution in [0.4, 0.5) is 0 Å². The number of hydrogen-bond donors (Lipinski definition) is 0. The largest absolute Gasteiger partial charge is 0.298 e. The standard InChI is InChI=1S/C8H14N2O/c1-8(2,3)10-6-9-5-4-7(10)11/h6H,4-5H2,1-3H3. The molecule has 62 valence electrons. The van der Waals surface area contributed by atoms with Gasteiger partial charge in [0, 0.05) is 18.5 Å². The highest BCUT2D eigenvalue weighted by atomic mass is 16.2. The van der Waals surface area contributed by atoms with Crippen molar-refractivity contribution in [1.29, 1.82) is 0 Å². The summed E-state index contributed by atoms with van der Waals surface area (Å²) in [4.78, 5) is 17.0. The lowest BCUT2D eigenvalue weighted by Crippen LogP contribution is -2.46. The maximum absolute atomic E-state index is 11.3. The zero-order valence-electron chi connectivity index (χ0n) is 7.29. The van der Waals surface area contributed by atoms with Crippen LogP contribution in [-0.4, -0.2) is 29.2 Å². The average molecular weight is 154 g/mol. The maximum atomic E-state index is 11.3. The Morgan fingerprint density at radius 3 is 2.55 bits per heavy atom. The molecule has 0 spiro atoms. The van der Waals surface area contributed by atoms with Crippen LogP contribution in [0.2, 0.25) is 0 Å². The first-order valence-electron chi connectivity index (χ1n) is 3.84. The summed E-state index contributed by atoms with van der Waals surface area (Å²) in [7, 11) is 0. The van der Waals surface area contributed by atoms with Gasteiger partial charge in [0.2, 0.25) is 5.91 Å². The number of hydrogen-bond acceptors (Lipinski definition) is 2. The van der Waals surface area contributed by atoms with E-state index >= 15 is 0 Å². The van der Waals surface area contributed by atoms with Crippen molar-refractivity contribution in [3.05, 3.63) is 0 Å². The van der Waals surface area contributed by atoms with E-state index in [1.54, 1.807) is 11.2 Å². The molecule has 0 aliphatic carbocycles. The molecule has 1 rings (SSSR count). The molecule has 1 heterocycles. The molecule has 0 unspecified atom stereocenters. The Balaban J connectivity index is 2.77. The van der Waals surface area contributed by atoms with Crippen molar-refractivity contribution in [3.8, 4) is 0 Å². The van der Waals surface area contributed by atoms with Gasteiger partial charge in [0.25, 0.3) is 0 Å². The van der Waals surface area contributed by atoms with Gasteiger partial charge in [-0.05, 0) is 20.8 Å². The molecular formula is C8H14N2O. The van der Waals surface area contributed by atoms with Gasteiger partial charge in [-0.2, -0.15) is 0 Å². The number of nitrogens with zero attached hydrogens (tertiary/aromatic N) is 2. The predicted molar refractivity (Wildman–Crippen MR) is 44.6 cm³/mol. The molecular weight excluding hydrogens is 140 g/mol. The molecule has 3 heteroatoms. The summed E-state index contributed by atoms with van der Waals surface area (Å²) >= 11 is 0. The van der Waals surface area contributed by atoms with Crippen LogP contribution in [0.1, 0.15) is 27.2 Å². The fourth-order valence-corrected chi connectivity index (χ4v) is 1.03. The van der Waals surface area contributed by atoms with E-state index in [1.807, 2.05) is 20.8 Å². The SMILES string of the molecule is CC(C)(C)N1C=NCCC1=O. The van der Waals surface area contributed by atoms with E-state index in [1.165, 1.54) is 0 Å². The highest BCUT2D eigenvalue weighted by Crippen LogP contribution is 2.14. The first kappa shape index (κ1) is 8.24. The Labute approximate surface area is 67.1 Å². The third-order valence-electron chi connectivity index (χ3n) is 1.64. The third-order valence-corrected chi connectivity index (χ3v) is 1.64. The predicted octanol–water partition coefficient (Wildman–Crippen LogP) is 1.05. The Hall–Kier alpha value is -0.860. The van der Waals surface area contributed by atoms with Gasteiger partial charge < -0.3 is 0 Å². The minimum Gasteiger partial charge on any atom is -0.298 e. The highest BCUT2D eigenvalue weighted by Gasteiger charge is 2.26. The van der Waals surface area contributed by atoms with Crippen LogP contribution in [-0.2, 0) is 4.79 Å². The summed E-state index contributed by atoms with van der Waals surface area (Å²) in [5.74, 6) is 0.174. The summed E-state index contributed by atoms with van der Waals surface area (Å²) in [6, 6.07) is 0. The molecule has 11 heavy (non-hydrogen) atoms. The van der Waals surface area contributed by atoms with E-state index in [9.17, 15) is 4.79 Å².